The van der Waals surface area contributed by atoms with Gasteiger partial charge in [0.25, 0.3) is 0 Å². The molecular weight excluding hydrogens is 334 g/mol. The standard InChI is InChI=1S/C16H23NO6S/c1-11(2)10-23-13-4-6-14(7-5-13)24(20,21)17-9-12(18)8-15(17)16(19)22-3/h4-7,11-12,15,18H,8-10H2,1-3H3/t12-,15-/m1/s1. The van der Waals surface area contributed by atoms with E-state index < -0.39 is 28.1 Å². The first-order valence-corrected chi connectivity index (χ1v) is 9.20. The van der Waals surface area contributed by atoms with Gasteiger partial charge in [-0.2, -0.15) is 4.31 Å². The number of carbonyl (C=O) groups excluding carboxylic acids is 1. The van der Waals surface area contributed by atoms with Crippen molar-refractivity contribution in [3.8, 4) is 5.75 Å². The van der Waals surface area contributed by atoms with Crippen LogP contribution in [0.15, 0.2) is 29.2 Å². The molecule has 0 unspecified atom stereocenters. The number of benzene rings is 1. The van der Waals surface area contributed by atoms with Crippen LogP contribution in [0.1, 0.15) is 20.3 Å². The Balaban J connectivity index is 2.21. The number of esters is 1. The van der Waals surface area contributed by atoms with Crippen molar-refractivity contribution in [2.75, 3.05) is 20.3 Å². The zero-order valence-electron chi connectivity index (χ0n) is 14.0. The number of carbonyl (C=O) groups is 1. The summed E-state index contributed by atoms with van der Waals surface area (Å²) in [5, 5.41) is 9.76. The minimum Gasteiger partial charge on any atom is -0.493 e. The van der Waals surface area contributed by atoms with Gasteiger partial charge in [0.05, 0.1) is 24.7 Å². The molecule has 0 aliphatic carbocycles. The summed E-state index contributed by atoms with van der Waals surface area (Å²) in [6.07, 6.45) is -0.862. The van der Waals surface area contributed by atoms with Gasteiger partial charge in [0.2, 0.25) is 10.0 Å². The van der Waals surface area contributed by atoms with Crippen molar-refractivity contribution >= 4 is 16.0 Å². The maximum absolute atomic E-state index is 12.8. The van der Waals surface area contributed by atoms with E-state index in [9.17, 15) is 18.3 Å². The Morgan fingerprint density at radius 2 is 1.96 bits per heavy atom. The number of sulfonamides is 1. The van der Waals surface area contributed by atoms with E-state index in [1.54, 1.807) is 12.1 Å². The smallest absolute Gasteiger partial charge is 0.324 e. The second-order valence-electron chi connectivity index (χ2n) is 6.18. The lowest BCUT2D eigenvalue weighted by Gasteiger charge is -2.22. The lowest BCUT2D eigenvalue weighted by Crippen LogP contribution is -2.41. The summed E-state index contributed by atoms with van der Waals surface area (Å²) >= 11 is 0. The number of rotatable bonds is 6. The molecule has 7 nitrogen and oxygen atoms in total. The zero-order chi connectivity index (χ0) is 17.9. The summed E-state index contributed by atoms with van der Waals surface area (Å²) in [5.74, 6) is 0.265. The molecule has 134 valence electrons. The van der Waals surface area contributed by atoms with E-state index in [1.165, 1.54) is 19.2 Å². The van der Waals surface area contributed by atoms with Crippen LogP contribution in [0, 0.1) is 5.92 Å². The molecule has 24 heavy (non-hydrogen) atoms. The average Bonchev–Trinajstić information content (AvgIpc) is 2.95. The number of methoxy groups -OCH3 is 1. The highest BCUT2D eigenvalue weighted by Gasteiger charge is 2.44. The minimum absolute atomic E-state index is 0.0293. The topological polar surface area (TPSA) is 93.1 Å². The molecule has 0 saturated carbocycles. The van der Waals surface area contributed by atoms with Crippen LogP contribution in [-0.2, 0) is 19.6 Å². The lowest BCUT2D eigenvalue weighted by molar-refractivity contribution is -0.144. The van der Waals surface area contributed by atoms with Crippen molar-refractivity contribution < 1.29 is 27.8 Å². The van der Waals surface area contributed by atoms with E-state index in [2.05, 4.69) is 4.74 Å². The van der Waals surface area contributed by atoms with Gasteiger partial charge in [-0.15, -0.1) is 0 Å². The largest absolute Gasteiger partial charge is 0.493 e. The van der Waals surface area contributed by atoms with Gasteiger partial charge >= 0.3 is 5.97 Å². The Labute approximate surface area is 142 Å². The Kier molecular flexibility index (Phi) is 5.84. The third-order valence-corrected chi connectivity index (χ3v) is 5.61. The number of aliphatic hydroxyl groups is 1. The summed E-state index contributed by atoms with van der Waals surface area (Å²) in [6.45, 7) is 4.44. The highest BCUT2D eigenvalue weighted by molar-refractivity contribution is 7.89. The number of nitrogens with zero attached hydrogens (tertiary/aromatic N) is 1. The predicted octanol–water partition coefficient (Wildman–Crippen LogP) is 1.02. The number of hydrogen-bond acceptors (Lipinski definition) is 6. The molecule has 1 saturated heterocycles. The molecule has 1 heterocycles. The SMILES string of the molecule is COC(=O)[C@H]1C[C@@H](O)CN1S(=O)(=O)c1ccc(OCC(C)C)cc1. The minimum atomic E-state index is -3.91. The molecule has 1 aromatic carbocycles. The number of aliphatic hydroxyl groups excluding tert-OH is 1. The van der Waals surface area contributed by atoms with Gasteiger partial charge in [0, 0.05) is 13.0 Å². The van der Waals surface area contributed by atoms with Crippen LogP contribution in [0.3, 0.4) is 0 Å². The van der Waals surface area contributed by atoms with E-state index in [0.29, 0.717) is 18.3 Å². The van der Waals surface area contributed by atoms with Crippen molar-refractivity contribution in [3.05, 3.63) is 24.3 Å². The highest BCUT2D eigenvalue weighted by Crippen LogP contribution is 2.28. The summed E-state index contributed by atoms with van der Waals surface area (Å²) in [5.41, 5.74) is 0. The van der Waals surface area contributed by atoms with E-state index >= 15 is 0 Å². The number of β-amino-alcohol motifs (C(OH)–C–C–N with tert-alkyl or cyclic N) is 1. The Morgan fingerprint density at radius 3 is 2.50 bits per heavy atom. The first-order valence-electron chi connectivity index (χ1n) is 7.76. The molecule has 2 atom stereocenters. The molecular formula is C16H23NO6S. The maximum Gasteiger partial charge on any atom is 0.324 e. The Bertz CT molecular complexity index is 670. The monoisotopic (exact) mass is 357 g/mol. The quantitative estimate of drug-likeness (QED) is 0.764. The second kappa shape index (κ2) is 7.50. The molecule has 1 fully saturated rings. The fraction of sp³-hybridized carbons (Fsp3) is 0.562. The van der Waals surface area contributed by atoms with Crippen molar-refractivity contribution in [1.82, 2.24) is 4.31 Å². The normalized spacial score (nSPS) is 21.9. The summed E-state index contributed by atoms with van der Waals surface area (Å²) < 4.78 is 36.7. The lowest BCUT2D eigenvalue weighted by atomic mass is 10.2. The molecule has 0 bridgehead atoms. The fourth-order valence-corrected chi connectivity index (χ4v) is 4.13. The van der Waals surface area contributed by atoms with Crippen LogP contribution < -0.4 is 4.74 Å². The first-order chi connectivity index (χ1) is 11.3. The van der Waals surface area contributed by atoms with Gasteiger partial charge in [-0.1, -0.05) is 13.8 Å². The van der Waals surface area contributed by atoms with Crippen molar-refractivity contribution in [3.63, 3.8) is 0 Å². The summed E-state index contributed by atoms with van der Waals surface area (Å²) in [4.78, 5) is 11.8. The molecule has 1 aromatic rings. The van der Waals surface area contributed by atoms with E-state index in [-0.39, 0.29) is 17.9 Å². The highest BCUT2D eigenvalue weighted by atomic mass is 32.2. The average molecular weight is 357 g/mol. The number of ether oxygens (including phenoxy) is 2. The van der Waals surface area contributed by atoms with Crippen LogP contribution in [0.4, 0.5) is 0 Å². The van der Waals surface area contributed by atoms with Crippen molar-refractivity contribution in [1.29, 1.82) is 0 Å². The Hall–Kier alpha value is -1.64. The zero-order valence-corrected chi connectivity index (χ0v) is 14.8. The molecule has 0 aromatic heterocycles. The second-order valence-corrected chi connectivity index (χ2v) is 8.07. The van der Waals surface area contributed by atoms with Crippen molar-refractivity contribution in [2.45, 2.75) is 37.3 Å². The summed E-state index contributed by atoms with van der Waals surface area (Å²) in [6, 6.07) is 5.02. The predicted molar refractivity (Wildman–Crippen MR) is 87.1 cm³/mol. The van der Waals surface area contributed by atoms with E-state index in [1.807, 2.05) is 13.8 Å². The molecule has 8 heteroatoms. The first kappa shape index (κ1) is 18.7. The number of hydrogen-bond donors (Lipinski definition) is 1. The van der Waals surface area contributed by atoms with Crippen molar-refractivity contribution in [2.24, 2.45) is 5.92 Å². The van der Waals surface area contributed by atoms with E-state index in [0.717, 1.165) is 4.31 Å². The van der Waals surface area contributed by atoms with Crippen LogP contribution >= 0.6 is 0 Å². The molecule has 0 spiro atoms. The third-order valence-electron chi connectivity index (χ3n) is 3.72. The van der Waals surface area contributed by atoms with Gasteiger partial charge in [0.15, 0.2) is 0 Å². The fourth-order valence-electron chi connectivity index (χ4n) is 2.51. The van der Waals surface area contributed by atoms with Gasteiger partial charge in [-0.3, -0.25) is 4.79 Å². The van der Waals surface area contributed by atoms with Crippen LogP contribution in [0.2, 0.25) is 0 Å². The maximum atomic E-state index is 12.8. The van der Waals surface area contributed by atoms with Gasteiger partial charge in [-0.25, -0.2) is 8.42 Å². The molecule has 1 N–H and O–H groups in total. The van der Waals surface area contributed by atoms with Crippen LogP contribution in [-0.4, -0.2) is 56.2 Å². The van der Waals surface area contributed by atoms with E-state index in [4.69, 9.17) is 4.74 Å². The van der Waals surface area contributed by atoms with Gasteiger partial charge in [-0.05, 0) is 30.2 Å². The molecule has 1 aliphatic rings. The Morgan fingerprint density at radius 1 is 1.33 bits per heavy atom. The molecule has 1 aliphatic heterocycles. The summed E-state index contributed by atoms with van der Waals surface area (Å²) in [7, 11) is -2.71. The molecule has 0 radical (unpaired) electrons. The van der Waals surface area contributed by atoms with Crippen LogP contribution in [0.25, 0.3) is 0 Å². The molecule has 0 amide bonds. The van der Waals surface area contributed by atoms with Gasteiger partial charge in [0.1, 0.15) is 11.8 Å². The van der Waals surface area contributed by atoms with Gasteiger partial charge < -0.3 is 14.6 Å². The van der Waals surface area contributed by atoms with Crippen LogP contribution in [0.5, 0.6) is 5.75 Å². The molecule has 2 rings (SSSR count). The third kappa shape index (κ3) is 4.06.